The number of hydrogen-bond donors (Lipinski definition) is 1. The molecule has 1 fully saturated rings. The largest absolute Gasteiger partial charge is 0.496 e. The number of nitro benzene ring substituents is 1. The van der Waals surface area contributed by atoms with Crippen LogP contribution in [-0.2, 0) is 0 Å². The van der Waals surface area contributed by atoms with Gasteiger partial charge in [-0.05, 0) is 26.3 Å². The van der Waals surface area contributed by atoms with Crippen molar-refractivity contribution < 1.29 is 9.66 Å². The number of ether oxygens (including phenoxy) is 1. The number of likely N-dealkylation sites (N-methyl/N-ethyl adjacent to an activating group) is 1. The van der Waals surface area contributed by atoms with Crippen molar-refractivity contribution in [2.24, 2.45) is 0 Å². The van der Waals surface area contributed by atoms with Gasteiger partial charge in [-0.25, -0.2) is 0 Å². The SMILES string of the molecule is CCN(CC1CCCCN1)c1cc(OC)cc([N+](=O)[O-])c1. The lowest BCUT2D eigenvalue weighted by atomic mass is 10.0. The Labute approximate surface area is 125 Å². The molecular weight excluding hydrogens is 270 g/mol. The molecule has 2 rings (SSSR count). The van der Waals surface area contributed by atoms with Crippen LogP contribution in [0.2, 0.25) is 0 Å². The molecule has 1 unspecified atom stereocenters. The minimum atomic E-state index is -0.376. The third kappa shape index (κ3) is 4.07. The number of non-ortho nitro benzene ring substituents is 1. The normalized spacial score (nSPS) is 18.3. The Morgan fingerprint density at radius 2 is 2.24 bits per heavy atom. The summed E-state index contributed by atoms with van der Waals surface area (Å²) in [6.45, 7) is 4.79. The number of anilines is 1. The summed E-state index contributed by atoms with van der Waals surface area (Å²) in [5.74, 6) is 0.522. The van der Waals surface area contributed by atoms with Crippen molar-refractivity contribution in [3.8, 4) is 5.75 Å². The first-order valence-electron chi connectivity index (χ1n) is 7.46. The van der Waals surface area contributed by atoms with Crippen LogP contribution < -0.4 is 15.0 Å². The van der Waals surface area contributed by atoms with E-state index in [1.807, 2.05) is 6.07 Å². The van der Waals surface area contributed by atoms with E-state index in [0.717, 1.165) is 31.7 Å². The number of benzene rings is 1. The Morgan fingerprint density at radius 1 is 1.43 bits per heavy atom. The summed E-state index contributed by atoms with van der Waals surface area (Å²) in [7, 11) is 1.53. The molecule has 1 heterocycles. The topological polar surface area (TPSA) is 67.6 Å². The van der Waals surface area contributed by atoms with Crippen molar-refractivity contribution >= 4 is 11.4 Å². The summed E-state index contributed by atoms with van der Waals surface area (Å²) in [6.07, 6.45) is 3.63. The number of piperidine rings is 1. The molecule has 0 aromatic heterocycles. The summed E-state index contributed by atoms with van der Waals surface area (Å²) in [5, 5.41) is 14.6. The second-order valence-electron chi connectivity index (χ2n) is 5.33. The van der Waals surface area contributed by atoms with Gasteiger partial charge in [-0.1, -0.05) is 6.42 Å². The van der Waals surface area contributed by atoms with Crippen LogP contribution in [0.4, 0.5) is 11.4 Å². The number of rotatable bonds is 6. The molecule has 1 saturated heterocycles. The van der Waals surface area contributed by atoms with Gasteiger partial charge in [0.25, 0.3) is 5.69 Å². The highest BCUT2D eigenvalue weighted by Gasteiger charge is 2.19. The highest BCUT2D eigenvalue weighted by molar-refractivity contribution is 5.58. The lowest BCUT2D eigenvalue weighted by molar-refractivity contribution is -0.384. The van der Waals surface area contributed by atoms with Gasteiger partial charge in [0.1, 0.15) is 5.75 Å². The maximum absolute atomic E-state index is 11.0. The molecule has 0 saturated carbocycles. The standard InChI is InChI=1S/C15H23N3O3/c1-3-17(11-12-6-4-5-7-16-12)13-8-14(18(19)20)10-15(9-13)21-2/h8-10,12,16H,3-7,11H2,1-2H3. The smallest absolute Gasteiger partial charge is 0.275 e. The Bertz CT molecular complexity index is 487. The molecular formula is C15H23N3O3. The van der Waals surface area contributed by atoms with Gasteiger partial charge in [-0.3, -0.25) is 10.1 Å². The maximum Gasteiger partial charge on any atom is 0.275 e. The molecule has 21 heavy (non-hydrogen) atoms. The van der Waals surface area contributed by atoms with Crippen LogP contribution in [0.5, 0.6) is 5.75 Å². The van der Waals surface area contributed by atoms with Crippen molar-refractivity contribution in [2.75, 3.05) is 31.6 Å². The van der Waals surface area contributed by atoms with Crippen LogP contribution in [0, 0.1) is 10.1 Å². The van der Waals surface area contributed by atoms with E-state index in [1.54, 1.807) is 6.07 Å². The first-order valence-corrected chi connectivity index (χ1v) is 7.46. The molecule has 1 aromatic carbocycles. The van der Waals surface area contributed by atoms with E-state index in [0.29, 0.717) is 11.8 Å². The van der Waals surface area contributed by atoms with Gasteiger partial charge >= 0.3 is 0 Å². The maximum atomic E-state index is 11.0. The van der Waals surface area contributed by atoms with E-state index < -0.39 is 0 Å². The lowest BCUT2D eigenvalue weighted by Gasteiger charge is -2.31. The molecule has 1 atom stereocenters. The van der Waals surface area contributed by atoms with Crippen molar-refractivity contribution in [3.63, 3.8) is 0 Å². The van der Waals surface area contributed by atoms with Crippen molar-refractivity contribution in [1.82, 2.24) is 5.32 Å². The highest BCUT2D eigenvalue weighted by Crippen LogP contribution is 2.28. The molecule has 0 amide bonds. The first kappa shape index (κ1) is 15.6. The molecule has 0 radical (unpaired) electrons. The van der Waals surface area contributed by atoms with Gasteiger partial charge in [-0.2, -0.15) is 0 Å². The van der Waals surface area contributed by atoms with Gasteiger partial charge in [0.2, 0.25) is 0 Å². The lowest BCUT2D eigenvalue weighted by Crippen LogP contribution is -2.43. The van der Waals surface area contributed by atoms with Gasteiger partial charge < -0.3 is 15.0 Å². The molecule has 6 heteroatoms. The third-order valence-electron chi connectivity index (χ3n) is 3.92. The molecule has 0 aliphatic carbocycles. The molecule has 0 bridgehead atoms. The third-order valence-corrected chi connectivity index (χ3v) is 3.92. The molecule has 116 valence electrons. The zero-order valence-electron chi connectivity index (χ0n) is 12.7. The van der Waals surface area contributed by atoms with Crippen molar-refractivity contribution in [1.29, 1.82) is 0 Å². The van der Waals surface area contributed by atoms with Gasteiger partial charge in [-0.15, -0.1) is 0 Å². The molecule has 0 spiro atoms. The Balaban J connectivity index is 2.19. The monoisotopic (exact) mass is 293 g/mol. The number of nitrogens with zero attached hydrogens (tertiary/aromatic N) is 2. The van der Waals surface area contributed by atoms with Crippen LogP contribution >= 0.6 is 0 Å². The summed E-state index contributed by atoms with van der Waals surface area (Å²) < 4.78 is 5.18. The van der Waals surface area contributed by atoms with Crippen LogP contribution in [0.15, 0.2) is 18.2 Å². The summed E-state index contributed by atoms with van der Waals surface area (Å²) in [4.78, 5) is 12.8. The van der Waals surface area contributed by atoms with E-state index in [9.17, 15) is 10.1 Å². The highest BCUT2D eigenvalue weighted by atomic mass is 16.6. The van der Waals surface area contributed by atoms with E-state index in [1.165, 1.54) is 26.0 Å². The van der Waals surface area contributed by atoms with Crippen molar-refractivity contribution in [3.05, 3.63) is 28.3 Å². The summed E-state index contributed by atoms with van der Waals surface area (Å²) >= 11 is 0. The van der Waals surface area contributed by atoms with Crippen molar-refractivity contribution in [2.45, 2.75) is 32.2 Å². The predicted molar refractivity (Wildman–Crippen MR) is 83.2 cm³/mol. The Hall–Kier alpha value is -1.82. The number of methoxy groups -OCH3 is 1. The van der Waals surface area contributed by atoms with Crippen LogP contribution in [0.3, 0.4) is 0 Å². The van der Waals surface area contributed by atoms with Gasteiger partial charge in [0.15, 0.2) is 0 Å². The minimum absolute atomic E-state index is 0.0689. The van der Waals surface area contributed by atoms with Crippen LogP contribution in [0.25, 0.3) is 0 Å². The van der Waals surface area contributed by atoms with E-state index >= 15 is 0 Å². The molecule has 1 aliphatic rings. The molecule has 1 aliphatic heterocycles. The Kier molecular flexibility index (Phi) is 5.38. The molecule has 1 aromatic rings. The second-order valence-corrected chi connectivity index (χ2v) is 5.33. The van der Waals surface area contributed by atoms with E-state index in [2.05, 4.69) is 17.1 Å². The van der Waals surface area contributed by atoms with E-state index in [4.69, 9.17) is 4.74 Å². The molecule has 6 nitrogen and oxygen atoms in total. The average Bonchev–Trinajstić information content (AvgIpc) is 2.53. The average molecular weight is 293 g/mol. The number of hydrogen-bond acceptors (Lipinski definition) is 5. The van der Waals surface area contributed by atoms with Crippen LogP contribution in [-0.4, -0.2) is 37.7 Å². The number of nitro groups is 1. The van der Waals surface area contributed by atoms with E-state index in [-0.39, 0.29) is 10.6 Å². The fraction of sp³-hybridized carbons (Fsp3) is 0.600. The first-order chi connectivity index (χ1) is 10.1. The van der Waals surface area contributed by atoms with Gasteiger partial charge in [0, 0.05) is 37.0 Å². The number of nitrogens with one attached hydrogen (secondary N) is 1. The molecule has 1 N–H and O–H groups in total. The fourth-order valence-corrected chi connectivity index (χ4v) is 2.74. The summed E-state index contributed by atoms with van der Waals surface area (Å²) in [5.41, 5.74) is 0.912. The quantitative estimate of drug-likeness (QED) is 0.645. The Morgan fingerprint density at radius 3 is 2.81 bits per heavy atom. The van der Waals surface area contributed by atoms with Crippen LogP contribution in [0.1, 0.15) is 26.2 Å². The zero-order chi connectivity index (χ0) is 15.2. The van der Waals surface area contributed by atoms with Gasteiger partial charge in [0.05, 0.1) is 18.1 Å². The minimum Gasteiger partial charge on any atom is -0.496 e. The fourth-order valence-electron chi connectivity index (χ4n) is 2.74. The summed E-state index contributed by atoms with van der Waals surface area (Å²) in [6, 6.07) is 5.38. The second kappa shape index (κ2) is 7.26. The predicted octanol–water partition coefficient (Wildman–Crippen LogP) is 2.57. The zero-order valence-corrected chi connectivity index (χ0v) is 12.7.